The van der Waals surface area contributed by atoms with E-state index in [1.165, 1.54) is 6.08 Å². The fraction of sp³-hybridized carbons (Fsp3) is 0.152. The van der Waals surface area contributed by atoms with Gasteiger partial charge in [0.25, 0.3) is 0 Å². The lowest BCUT2D eigenvalue weighted by Gasteiger charge is -2.40. The summed E-state index contributed by atoms with van der Waals surface area (Å²) in [6.45, 7) is 0. The Balaban J connectivity index is 1.59. The molecule has 2 amide bonds. The molecule has 0 aromatic heterocycles. The fourth-order valence-corrected chi connectivity index (χ4v) is 5.37. The summed E-state index contributed by atoms with van der Waals surface area (Å²) < 4.78 is 0. The summed E-state index contributed by atoms with van der Waals surface area (Å²) >= 11 is 0. The number of amides is 2. The number of primary amides is 1. The average Bonchev–Trinajstić information content (AvgIpc) is 3.08. The first-order valence-corrected chi connectivity index (χ1v) is 12.8. The smallest absolute Gasteiger partial charge is 0.243 e. The Kier molecular flexibility index (Phi) is 7.20. The van der Waals surface area contributed by atoms with E-state index in [1.54, 1.807) is 11.0 Å². The van der Waals surface area contributed by atoms with Gasteiger partial charge < -0.3 is 10.6 Å². The molecule has 0 aliphatic carbocycles. The van der Waals surface area contributed by atoms with E-state index < -0.39 is 17.5 Å². The number of fused-ring (bicyclic) bond motifs is 1. The van der Waals surface area contributed by atoms with Gasteiger partial charge in [-0.2, -0.15) is 0 Å². The molecule has 5 rings (SSSR count). The van der Waals surface area contributed by atoms with Crippen LogP contribution in [0.2, 0.25) is 0 Å². The van der Waals surface area contributed by atoms with Crippen molar-refractivity contribution in [2.45, 2.75) is 24.4 Å². The number of benzene rings is 4. The normalized spacial score (nSPS) is 15.8. The van der Waals surface area contributed by atoms with Crippen LogP contribution in [-0.4, -0.2) is 24.9 Å². The molecule has 4 aromatic carbocycles. The lowest BCUT2D eigenvalue weighted by atomic mass is 9.76. The van der Waals surface area contributed by atoms with Crippen LogP contribution in [0.3, 0.4) is 0 Å². The number of carbonyl (C=O) groups is 2. The first-order valence-electron chi connectivity index (χ1n) is 12.8. The van der Waals surface area contributed by atoms with Crippen LogP contribution in [0.25, 0.3) is 6.08 Å². The van der Waals surface area contributed by atoms with Gasteiger partial charge in [-0.25, -0.2) is 0 Å². The van der Waals surface area contributed by atoms with Gasteiger partial charge in [0.1, 0.15) is 0 Å². The van der Waals surface area contributed by atoms with Crippen LogP contribution in [0.4, 0.5) is 5.69 Å². The highest BCUT2D eigenvalue weighted by molar-refractivity contribution is 5.99. The van der Waals surface area contributed by atoms with Crippen molar-refractivity contribution in [3.05, 3.63) is 143 Å². The van der Waals surface area contributed by atoms with Gasteiger partial charge in [-0.1, -0.05) is 103 Å². The van der Waals surface area contributed by atoms with Crippen LogP contribution in [-0.2, 0) is 21.5 Å². The molecule has 38 heavy (non-hydrogen) atoms. The van der Waals surface area contributed by atoms with E-state index in [1.807, 2.05) is 79.8 Å². The van der Waals surface area contributed by atoms with E-state index in [0.29, 0.717) is 6.42 Å². The van der Waals surface area contributed by atoms with Crippen LogP contribution in [0.5, 0.6) is 0 Å². The number of nitrogens with one attached hydrogen (secondary N) is 1. The molecule has 1 aliphatic heterocycles. The molecule has 1 atom stereocenters. The van der Waals surface area contributed by atoms with Crippen molar-refractivity contribution in [2.75, 3.05) is 11.9 Å². The lowest BCUT2D eigenvalue weighted by molar-refractivity contribution is -0.120. The summed E-state index contributed by atoms with van der Waals surface area (Å²) in [6, 6.07) is 36.4. The molecule has 0 fully saturated rings. The third kappa shape index (κ3) is 4.89. The Morgan fingerprint density at radius 1 is 0.868 bits per heavy atom. The molecule has 190 valence electrons. The van der Waals surface area contributed by atoms with Gasteiger partial charge in [-0.05, 0) is 52.8 Å². The van der Waals surface area contributed by atoms with E-state index in [4.69, 9.17) is 5.73 Å². The van der Waals surface area contributed by atoms with Crippen LogP contribution >= 0.6 is 0 Å². The van der Waals surface area contributed by atoms with Gasteiger partial charge in [0.05, 0.1) is 11.6 Å². The zero-order chi connectivity index (χ0) is 26.5. The quantitative estimate of drug-likeness (QED) is 0.275. The Labute approximate surface area is 223 Å². The Morgan fingerprint density at radius 2 is 1.39 bits per heavy atom. The van der Waals surface area contributed by atoms with Gasteiger partial charge in [0.15, 0.2) is 0 Å². The number of nitrogens with two attached hydrogens (primary N) is 1. The second-order valence-electron chi connectivity index (χ2n) is 9.60. The zero-order valence-corrected chi connectivity index (χ0v) is 21.4. The predicted molar refractivity (Wildman–Crippen MR) is 153 cm³/mol. The molecule has 0 unspecified atom stereocenters. The van der Waals surface area contributed by atoms with Crippen molar-refractivity contribution in [3.63, 3.8) is 0 Å². The van der Waals surface area contributed by atoms with Gasteiger partial charge >= 0.3 is 0 Å². The minimum Gasteiger partial charge on any atom is -0.366 e. The number of rotatable bonds is 7. The summed E-state index contributed by atoms with van der Waals surface area (Å²) in [5.41, 5.74) is 10.5. The van der Waals surface area contributed by atoms with E-state index in [2.05, 4.69) is 41.7 Å². The second-order valence-corrected chi connectivity index (χ2v) is 9.60. The molecule has 3 N–H and O–H groups in total. The molecule has 0 saturated heterocycles. The minimum absolute atomic E-state index is 0.00745. The molecule has 1 heterocycles. The second kappa shape index (κ2) is 10.9. The van der Waals surface area contributed by atoms with E-state index in [-0.39, 0.29) is 5.91 Å². The highest BCUT2D eigenvalue weighted by Crippen LogP contribution is 2.38. The van der Waals surface area contributed by atoms with Gasteiger partial charge in [-0.3, -0.25) is 14.9 Å². The highest BCUT2D eigenvalue weighted by Gasteiger charge is 2.41. The van der Waals surface area contributed by atoms with Gasteiger partial charge in [-0.15, -0.1) is 0 Å². The molecule has 5 nitrogen and oxygen atoms in total. The van der Waals surface area contributed by atoms with Crippen molar-refractivity contribution < 1.29 is 9.59 Å². The van der Waals surface area contributed by atoms with E-state index in [0.717, 1.165) is 39.9 Å². The van der Waals surface area contributed by atoms with Gasteiger partial charge in [0, 0.05) is 18.8 Å². The Hall–Kier alpha value is -4.48. The highest BCUT2D eigenvalue weighted by atomic mass is 16.2. The number of hydrogen-bond acceptors (Lipinski definition) is 3. The molecular weight excluding hydrogens is 470 g/mol. The number of carbonyl (C=O) groups excluding carboxylic acids is 2. The number of nitrogens with zero attached hydrogens (tertiary/aromatic N) is 1. The summed E-state index contributed by atoms with van der Waals surface area (Å²) in [6.07, 6.45) is 4.38. The van der Waals surface area contributed by atoms with Crippen LogP contribution in [0, 0.1) is 0 Å². The number of aryl methyl sites for hydroxylation is 1. The molecule has 4 aromatic rings. The summed E-state index contributed by atoms with van der Waals surface area (Å²) in [5.74, 6) is -0.514. The van der Waals surface area contributed by atoms with E-state index in [9.17, 15) is 9.59 Å². The third-order valence-corrected chi connectivity index (χ3v) is 7.25. The third-order valence-electron chi connectivity index (χ3n) is 7.25. The molecule has 0 spiro atoms. The summed E-state index contributed by atoms with van der Waals surface area (Å²) in [4.78, 5) is 27.0. The molecule has 0 radical (unpaired) electrons. The van der Waals surface area contributed by atoms with Crippen molar-refractivity contribution in [1.82, 2.24) is 5.32 Å². The standard InChI is InChI=1S/C33H31N3O2/c1-36-30-23-24(18-22-31(34)37)17-19-25(30)20-21-29(32(36)38)35-33(26-11-5-2-6-12-26,27-13-7-3-8-14-27)28-15-9-4-10-16-28/h2-19,22-23,29,35H,20-21H2,1H3,(H2,34,37)/b22-18+/t29-/m0/s1. The molecule has 1 aliphatic rings. The SMILES string of the molecule is CN1C(=O)[C@@H](NC(c2ccccc2)(c2ccccc2)c2ccccc2)CCc2ccc(/C=C/C(N)=O)cc21. The first-order chi connectivity index (χ1) is 18.5. The van der Waals surface area contributed by atoms with Crippen molar-refractivity contribution in [2.24, 2.45) is 5.73 Å². The van der Waals surface area contributed by atoms with Gasteiger partial charge in [0.2, 0.25) is 11.8 Å². The fourth-order valence-electron chi connectivity index (χ4n) is 5.37. The largest absolute Gasteiger partial charge is 0.366 e. The topological polar surface area (TPSA) is 75.4 Å². The Morgan fingerprint density at radius 3 is 1.89 bits per heavy atom. The van der Waals surface area contributed by atoms with E-state index >= 15 is 0 Å². The number of anilines is 1. The van der Waals surface area contributed by atoms with Crippen molar-refractivity contribution in [1.29, 1.82) is 0 Å². The maximum atomic E-state index is 14.0. The Bertz CT molecular complexity index is 1350. The summed E-state index contributed by atoms with van der Waals surface area (Å²) in [7, 11) is 1.82. The van der Waals surface area contributed by atoms with Crippen molar-refractivity contribution in [3.8, 4) is 0 Å². The first kappa shape index (κ1) is 25.2. The van der Waals surface area contributed by atoms with Crippen molar-refractivity contribution >= 4 is 23.6 Å². The van der Waals surface area contributed by atoms with Crippen LogP contribution in [0.15, 0.2) is 115 Å². The monoisotopic (exact) mass is 501 g/mol. The average molecular weight is 502 g/mol. The molecule has 0 saturated carbocycles. The molecule has 0 bridgehead atoms. The maximum absolute atomic E-state index is 14.0. The lowest BCUT2D eigenvalue weighted by Crippen LogP contribution is -2.55. The van der Waals surface area contributed by atoms with Crippen LogP contribution in [0.1, 0.15) is 34.2 Å². The molecule has 5 heteroatoms. The van der Waals surface area contributed by atoms with Crippen LogP contribution < -0.4 is 16.0 Å². The molecular formula is C33H31N3O2. The number of hydrogen-bond donors (Lipinski definition) is 2. The maximum Gasteiger partial charge on any atom is 0.243 e. The zero-order valence-electron chi connectivity index (χ0n) is 21.4. The predicted octanol–water partition coefficient (Wildman–Crippen LogP) is 5.04. The number of likely N-dealkylation sites (N-methyl/N-ethyl adjacent to an activating group) is 1. The summed E-state index contributed by atoms with van der Waals surface area (Å²) in [5, 5.41) is 3.86. The minimum atomic E-state index is -0.739.